The Morgan fingerprint density at radius 1 is 0.966 bits per heavy atom. The number of carbonyl (C=O) groups is 2. The van der Waals surface area contributed by atoms with Crippen LogP contribution in [0.3, 0.4) is 0 Å². The van der Waals surface area contributed by atoms with Crippen LogP contribution in [0.4, 0.5) is 0 Å². The van der Waals surface area contributed by atoms with Gasteiger partial charge in [0.1, 0.15) is 0 Å². The molecule has 0 atom stereocenters. The predicted molar refractivity (Wildman–Crippen MR) is 115 cm³/mol. The third-order valence-corrected chi connectivity index (χ3v) is 5.79. The number of nitrogens with zero attached hydrogens (tertiary/aromatic N) is 3. The first kappa shape index (κ1) is 19.2. The quantitative estimate of drug-likeness (QED) is 0.684. The number of amides is 2. The van der Waals surface area contributed by atoms with Crippen molar-refractivity contribution in [3.8, 4) is 0 Å². The van der Waals surface area contributed by atoms with Crippen molar-refractivity contribution in [3.63, 3.8) is 0 Å². The van der Waals surface area contributed by atoms with Crippen molar-refractivity contribution in [2.75, 3.05) is 27.2 Å². The molecule has 150 valence electrons. The van der Waals surface area contributed by atoms with Crippen molar-refractivity contribution in [3.05, 3.63) is 71.9 Å². The summed E-state index contributed by atoms with van der Waals surface area (Å²) in [5.74, 6) is 0.244. The summed E-state index contributed by atoms with van der Waals surface area (Å²) in [6, 6.07) is 18.4. The number of piperidine rings is 1. The van der Waals surface area contributed by atoms with Crippen LogP contribution in [0.15, 0.2) is 60.8 Å². The molecule has 0 unspecified atom stereocenters. The normalized spacial score (nSPS) is 14.9. The zero-order valence-corrected chi connectivity index (χ0v) is 17.0. The van der Waals surface area contributed by atoms with Crippen LogP contribution in [0.1, 0.15) is 28.8 Å². The average molecular weight is 389 g/mol. The maximum Gasteiger partial charge on any atom is 0.256 e. The highest BCUT2D eigenvalue weighted by molar-refractivity contribution is 6.07. The minimum atomic E-state index is 0.0217. The van der Waals surface area contributed by atoms with Gasteiger partial charge in [-0.25, -0.2) is 0 Å². The van der Waals surface area contributed by atoms with Crippen LogP contribution in [0.2, 0.25) is 0 Å². The Morgan fingerprint density at radius 2 is 1.62 bits per heavy atom. The van der Waals surface area contributed by atoms with Gasteiger partial charge in [0.2, 0.25) is 5.91 Å². The molecule has 1 aromatic heterocycles. The molecule has 1 aliphatic heterocycles. The molecular formula is C24H27N3O2. The second-order valence-corrected chi connectivity index (χ2v) is 7.97. The number of aromatic nitrogens is 1. The van der Waals surface area contributed by atoms with E-state index >= 15 is 0 Å². The first-order valence-corrected chi connectivity index (χ1v) is 10.2. The van der Waals surface area contributed by atoms with Crippen LogP contribution < -0.4 is 0 Å². The highest BCUT2D eigenvalue weighted by atomic mass is 16.2. The maximum absolute atomic E-state index is 13.3. The second-order valence-electron chi connectivity index (χ2n) is 7.97. The van der Waals surface area contributed by atoms with Crippen LogP contribution in [0.25, 0.3) is 10.9 Å². The molecule has 2 amide bonds. The number of likely N-dealkylation sites (tertiary alicyclic amines) is 1. The van der Waals surface area contributed by atoms with E-state index in [4.69, 9.17) is 0 Å². The summed E-state index contributed by atoms with van der Waals surface area (Å²) in [6.45, 7) is 1.98. The molecule has 4 rings (SSSR count). The van der Waals surface area contributed by atoms with E-state index in [1.807, 2.05) is 47.5 Å². The van der Waals surface area contributed by atoms with E-state index in [0.717, 1.165) is 35.9 Å². The van der Waals surface area contributed by atoms with Gasteiger partial charge in [0.25, 0.3) is 5.91 Å². The van der Waals surface area contributed by atoms with E-state index in [0.29, 0.717) is 13.1 Å². The van der Waals surface area contributed by atoms with E-state index < -0.39 is 0 Å². The molecule has 0 spiro atoms. The van der Waals surface area contributed by atoms with E-state index in [9.17, 15) is 9.59 Å². The van der Waals surface area contributed by atoms with E-state index in [-0.39, 0.29) is 17.7 Å². The number of para-hydroxylation sites is 1. The standard InChI is InChI=1S/C24H27N3O2/c1-25(2)23(28)19-12-14-26(15-13-19)24(29)21-17-27(16-18-8-4-3-5-9-18)22-11-7-6-10-20(21)22/h3-11,17,19H,12-16H2,1-2H3. The zero-order valence-electron chi connectivity index (χ0n) is 17.0. The summed E-state index contributed by atoms with van der Waals surface area (Å²) < 4.78 is 2.15. The first-order chi connectivity index (χ1) is 14.0. The summed E-state index contributed by atoms with van der Waals surface area (Å²) >= 11 is 0. The summed E-state index contributed by atoms with van der Waals surface area (Å²) in [7, 11) is 3.59. The van der Waals surface area contributed by atoms with E-state index in [1.54, 1.807) is 19.0 Å². The largest absolute Gasteiger partial charge is 0.349 e. The van der Waals surface area contributed by atoms with E-state index in [1.165, 1.54) is 5.56 Å². The van der Waals surface area contributed by atoms with Crippen molar-refractivity contribution in [2.45, 2.75) is 19.4 Å². The zero-order chi connectivity index (χ0) is 20.4. The van der Waals surface area contributed by atoms with Gasteiger partial charge in [-0.05, 0) is 24.5 Å². The van der Waals surface area contributed by atoms with Gasteiger partial charge >= 0.3 is 0 Å². The second kappa shape index (κ2) is 8.11. The Labute approximate surface area is 171 Å². The summed E-state index contributed by atoms with van der Waals surface area (Å²) in [6.07, 6.45) is 3.44. The topological polar surface area (TPSA) is 45.6 Å². The van der Waals surface area contributed by atoms with Gasteiger partial charge in [-0.1, -0.05) is 48.5 Å². The fraction of sp³-hybridized carbons (Fsp3) is 0.333. The lowest BCUT2D eigenvalue weighted by Crippen LogP contribution is -2.42. The number of hydrogen-bond donors (Lipinski definition) is 0. The maximum atomic E-state index is 13.3. The molecule has 0 aliphatic carbocycles. The molecular weight excluding hydrogens is 362 g/mol. The van der Waals surface area contributed by atoms with Crippen molar-refractivity contribution >= 4 is 22.7 Å². The van der Waals surface area contributed by atoms with Gasteiger partial charge in [-0.2, -0.15) is 0 Å². The Bertz CT molecular complexity index is 1020. The van der Waals surface area contributed by atoms with Crippen LogP contribution in [-0.2, 0) is 11.3 Å². The van der Waals surface area contributed by atoms with Gasteiger partial charge < -0.3 is 14.4 Å². The summed E-state index contributed by atoms with van der Waals surface area (Å²) in [4.78, 5) is 29.1. The third kappa shape index (κ3) is 3.90. The minimum absolute atomic E-state index is 0.0217. The Balaban J connectivity index is 1.56. The first-order valence-electron chi connectivity index (χ1n) is 10.2. The highest BCUT2D eigenvalue weighted by Crippen LogP contribution is 2.26. The Hall–Kier alpha value is -3.08. The van der Waals surface area contributed by atoms with Crippen molar-refractivity contribution in [1.82, 2.24) is 14.4 Å². The molecule has 5 nitrogen and oxygen atoms in total. The van der Waals surface area contributed by atoms with Crippen LogP contribution in [0.5, 0.6) is 0 Å². The van der Waals surface area contributed by atoms with Crippen LogP contribution in [0, 0.1) is 5.92 Å². The molecule has 0 saturated carbocycles. The van der Waals surface area contributed by atoms with Crippen LogP contribution >= 0.6 is 0 Å². The van der Waals surface area contributed by atoms with Gasteiger partial charge in [0.05, 0.1) is 5.56 Å². The van der Waals surface area contributed by atoms with Gasteiger partial charge in [-0.3, -0.25) is 9.59 Å². The lowest BCUT2D eigenvalue weighted by Gasteiger charge is -2.32. The smallest absolute Gasteiger partial charge is 0.256 e. The molecule has 2 aromatic carbocycles. The molecule has 1 saturated heterocycles. The molecule has 1 aliphatic rings. The molecule has 29 heavy (non-hydrogen) atoms. The number of hydrogen-bond acceptors (Lipinski definition) is 2. The minimum Gasteiger partial charge on any atom is -0.349 e. The molecule has 3 aromatic rings. The predicted octanol–water partition coefficient (Wildman–Crippen LogP) is 3.63. The average Bonchev–Trinajstić information content (AvgIpc) is 3.12. The SMILES string of the molecule is CN(C)C(=O)C1CCN(C(=O)c2cn(Cc3ccccc3)c3ccccc23)CC1. The molecule has 0 bridgehead atoms. The van der Waals surface area contributed by atoms with Gasteiger partial charge in [-0.15, -0.1) is 0 Å². The fourth-order valence-corrected chi connectivity index (χ4v) is 4.19. The number of fused-ring (bicyclic) bond motifs is 1. The molecule has 1 fully saturated rings. The van der Waals surface area contributed by atoms with Crippen molar-refractivity contribution < 1.29 is 9.59 Å². The molecule has 0 radical (unpaired) electrons. The monoisotopic (exact) mass is 389 g/mol. The highest BCUT2D eigenvalue weighted by Gasteiger charge is 2.29. The summed E-state index contributed by atoms with van der Waals surface area (Å²) in [5.41, 5.74) is 3.02. The molecule has 0 N–H and O–H groups in total. The van der Waals surface area contributed by atoms with Gasteiger partial charge in [0, 0.05) is 56.7 Å². The van der Waals surface area contributed by atoms with Gasteiger partial charge in [0.15, 0.2) is 0 Å². The van der Waals surface area contributed by atoms with E-state index in [2.05, 4.69) is 22.8 Å². The molecule has 5 heteroatoms. The van der Waals surface area contributed by atoms with Crippen molar-refractivity contribution in [1.29, 1.82) is 0 Å². The summed E-state index contributed by atoms with van der Waals surface area (Å²) in [5, 5.41) is 0.986. The van der Waals surface area contributed by atoms with Crippen molar-refractivity contribution in [2.24, 2.45) is 5.92 Å². The fourth-order valence-electron chi connectivity index (χ4n) is 4.19. The number of benzene rings is 2. The van der Waals surface area contributed by atoms with Crippen LogP contribution in [-0.4, -0.2) is 53.4 Å². The number of carbonyl (C=O) groups excluding carboxylic acids is 2. The third-order valence-electron chi connectivity index (χ3n) is 5.79. The Kier molecular flexibility index (Phi) is 5.38. The molecule has 2 heterocycles. The number of rotatable bonds is 4. The lowest BCUT2D eigenvalue weighted by molar-refractivity contribution is -0.134. The Morgan fingerprint density at radius 3 is 2.31 bits per heavy atom. The lowest BCUT2D eigenvalue weighted by atomic mass is 9.95.